The molecule has 2 N–H and O–H groups in total. The molecule has 0 atom stereocenters. The number of fused-ring (bicyclic) bond motifs is 1. The molecule has 21 heavy (non-hydrogen) atoms. The van der Waals surface area contributed by atoms with E-state index < -0.39 is 11.7 Å². The van der Waals surface area contributed by atoms with E-state index in [1.54, 1.807) is 24.3 Å². The van der Waals surface area contributed by atoms with Crippen molar-refractivity contribution in [2.24, 2.45) is 0 Å². The predicted molar refractivity (Wildman–Crippen MR) is 82.9 cm³/mol. The van der Waals surface area contributed by atoms with Crippen LogP contribution in [0.25, 0.3) is 11.0 Å². The molecule has 0 bridgehead atoms. The fourth-order valence-electron chi connectivity index (χ4n) is 2.08. The molecule has 0 fully saturated rings. The molecule has 6 heteroatoms. The second-order valence-corrected chi connectivity index (χ2v) is 5.55. The van der Waals surface area contributed by atoms with Crippen LogP contribution in [0.4, 0.5) is 10.1 Å². The van der Waals surface area contributed by atoms with Crippen LogP contribution in [0.15, 0.2) is 40.9 Å². The number of aromatic nitrogens is 2. The lowest BCUT2D eigenvalue weighted by atomic mass is 10.2. The molecule has 1 aromatic heterocycles. The first kappa shape index (κ1) is 13.8. The Hall–Kier alpha value is -2.21. The topological polar surface area (TPSA) is 57.8 Å². The third-order valence-corrected chi connectivity index (χ3v) is 3.52. The van der Waals surface area contributed by atoms with Gasteiger partial charge < -0.3 is 10.3 Å². The Labute approximate surface area is 128 Å². The Morgan fingerprint density at radius 3 is 2.90 bits per heavy atom. The first-order chi connectivity index (χ1) is 10.0. The molecule has 2 aromatic carbocycles. The monoisotopic (exact) mass is 347 g/mol. The zero-order valence-electron chi connectivity index (χ0n) is 11.1. The summed E-state index contributed by atoms with van der Waals surface area (Å²) in [5.74, 6) is -0.259. The minimum Gasteiger partial charge on any atom is -0.342 e. The van der Waals surface area contributed by atoms with Gasteiger partial charge in [-0.3, -0.25) is 4.79 Å². The van der Waals surface area contributed by atoms with Gasteiger partial charge in [0.15, 0.2) is 0 Å². The highest BCUT2D eigenvalue weighted by molar-refractivity contribution is 9.10. The highest BCUT2D eigenvalue weighted by atomic mass is 79.9. The Morgan fingerprint density at radius 1 is 1.29 bits per heavy atom. The lowest BCUT2D eigenvalue weighted by Crippen LogP contribution is -2.13. The second kappa shape index (κ2) is 5.29. The van der Waals surface area contributed by atoms with E-state index in [-0.39, 0.29) is 5.56 Å². The summed E-state index contributed by atoms with van der Waals surface area (Å²) in [6, 6.07) is 9.54. The van der Waals surface area contributed by atoms with E-state index in [0.29, 0.717) is 10.2 Å². The fourth-order valence-corrected chi connectivity index (χ4v) is 2.45. The van der Waals surface area contributed by atoms with Crippen LogP contribution in [0.2, 0.25) is 0 Å². The summed E-state index contributed by atoms with van der Waals surface area (Å²) >= 11 is 3.23. The SMILES string of the molecule is Cc1nc2ccc(NC(=O)c3cc(Br)ccc3F)cc2[nH]1. The van der Waals surface area contributed by atoms with E-state index in [9.17, 15) is 9.18 Å². The summed E-state index contributed by atoms with van der Waals surface area (Å²) in [6.45, 7) is 1.86. The van der Waals surface area contributed by atoms with Crippen LogP contribution < -0.4 is 5.32 Å². The third-order valence-electron chi connectivity index (χ3n) is 3.03. The van der Waals surface area contributed by atoms with Gasteiger partial charge in [-0.15, -0.1) is 0 Å². The molecule has 1 heterocycles. The molecule has 3 rings (SSSR count). The number of H-pyrrole nitrogens is 1. The minimum absolute atomic E-state index is 0.00902. The largest absolute Gasteiger partial charge is 0.342 e. The number of nitrogens with one attached hydrogen (secondary N) is 2. The van der Waals surface area contributed by atoms with E-state index in [4.69, 9.17) is 0 Å². The van der Waals surface area contributed by atoms with Gasteiger partial charge in [0.05, 0.1) is 16.6 Å². The molecule has 106 valence electrons. The van der Waals surface area contributed by atoms with Crippen molar-refractivity contribution in [3.63, 3.8) is 0 Å². The van der Waals surface area contributed by atoms with E-state index >= 15 is 0 Å². The number of anilines is 1. The molecular formula is C15H11BrFN3O. The lowest BCUT2D eigenvalue weighted by Gasteiger charge is -2.06. The quantitative estimate of drug-likeness (QED) is 0.735. The van der Waals surface area contributed by atoms with Crippen LogP contribution in [0.3, 0.4) is 0 Å². The van der Waals surface area contributed by atoms with Gasteiger partial charge in [-0.05, 0) is 43.3 Å². The zero-order valence-corrected chi connectivity index (χ0v) is 12.7. The molecule has 0 saturated heterocycles. The first-order valence-electron chi connectivity index (χ1n) is 6.26. The molecule has 0 saturated carbocycles. The summed E-state index contributed by atoms with van der Waals surface area (Å²) in [5, 5.41) is 2.68. The number of amides is 1. The Morgan fingerprint density at radius 2 is 2.10 bits per heavy atom. The predicted octanol–water partition coefficient (Wildman–Crippen LogP) is 4.03. The van der Waals surface area contributed by atoms with Gasteiger partial charge in [-0.25, -0.2) is 9.37 Å². The summed E-state index contributed by atoms with van der Waals surface area (Å²) in [7, 11) is 0. The molecule has 0 radical (unpaired) electrons. The van der Waals surface area contributed by atoms with Crippen molar-refractivity contribution in [1.82, 2.24) is 9.97 Å². The zero-order chi connectivity index (χ0) is 15.0. The highest BCUT2D eigenvalue weighted by Crippen LogP contribution is 2.20. The lowest BCUT2D eigenvalue weighted by molar-refractivity contribution is 0.102. The van der Waals surface area contributed by atoms with Crippen LogP contribution in [-0.2, 0) is 0 Å². The first-order valence-corrected chi connectivity index (χ1v) is 7.05. The molecule has 3 aromatic rings. The normalized spacial score (nSPS) is 10.8. The van der Waals surface area contributed by atoms with Gasteiger partial charge >= 0.3 is 0 Å². The molecule has 1 amide bonds. The smallest absolute Gasteiger partial charge is 0.258 e. The van der Waals surface area contributed by atoms with Crippen molar-refractivity contribution >= 4 is 38.6 Å². The molecular weight excluding hydrogens is 337 g/mol. The summed E-state index contributed by atoms with van der Waals surface area (Å²) in [4.78, 5) is 19.5. The average Bonchev–Trinajstić information content (AvgIpc) is 2.80. The van der Waals surface area contributed by atoms with E-state index in [0.717, 1.165) is 16.9 Å². The van der Waals surface area contributed by atoms with Gasteiger partial charge in [-0.1, -0.05) is 15.9 Å². The van der Waals surface area contributed by atoms with Gasteiger partial charge in [0.1, 0.15) is 11.6 Å². The Bertz CT molecular complexity index is 844. The number of carbonyl (C=O) groups is 1. The van der Waals surface area contributed by atoms with E-state index in [1.807, 2.05) is 6.92 Å². The van der Waals surface area contributed by atoms with Crippen molar-refractivity contribution in [2.45, 2.75) is 6.92 Å². The number of aromatic amines is 1. The number of rotatable bonds is 2. The van der Waals surface area contributed by atoms with Crippen LogP contribution in [0, 0.1) is 12.7 Å². The van der Waals surface area contributed by atoms with Gasteiger partial charge in [0.25, 0.3) is 5.91 Å². The van der Waals surface area contributed by atoms with E-state index in [2.05, 4.69) is 31.2 Å². The number of benzene rings is 2. The maximum absolute atomic E-state index is 13.7. The number of halogens is 2. The maximum atomic E-state index is 13.7. The number of hydrogen-bond acceptors (Lipinski definition) is 2. The van der Waals surface area contributed by atoms with Crippen LogP contribution in [0.1, 0.15) is 16.2 Å². The van der Waals surface area contributed by atoms with Gasteiger partial charge in [0, 0.05) is 10.2 Å². The Kier molecular flexibility index (Phi) is 3.47. The molecule has 0 unspecified atom stereocenters. The summed E-state index contributed by atoms with van der Waals surface area (Å²) < 4.78 is 14.3. The molecule has 0 spiro atoms. The van der Waals surface area contributed by atoms with Crippen molar-refractivity contribution in [3.05, 3.63) is 58.1 Å². The molecule has 0 aliphatic rings. The van der Waals surface area contributed by atoms with Crippen molar-refractivity contribution in [2.75, 3.05) is 5.32 Å². The molecule has 4 nitrogen and oxygen atoms in total. The molecule has 0 aliphatic carbocycles. The fraction of sp³-hybridized carbons (Fsp3) is 0.0667. The van der Waals surface area contributed by atoms with Crippen LogP contribution in [-0.4, -0.2) is 15.9 Å². The Balaban J connectivity index is 1.90. The minimum atomic E-state index is -0.561. The van der Waals surface area contributed by atoms with Crippen LogP contribution >= 0.6 is 15.9 Å². The van der Waals surface area contributed by atoms with Crippen molar-refractivity contribution in [1.29, 1.82) is 0 Å². The van der Waals surface area contributed by atoms with Gasteiger partial charge in [0.2, 0.25) is 0 Å². The maximum Gasteiger partial charge on any atom is 0.258 e. The molecule has 0 aliphatic heterocycles. The van der Waals surface area contributed by atoms with E-state index in [1.165, 1.54) is 12.1 Å². The van der Waals surface area contributed by atoms with Crippen LogP contribution in [0.5, 0.6) is 0 Å². The summed E-state index contributed by atoms with van der Waals surface area (Å²) in [6.07, 6.45) is 0. The van der Waals surface area contributed by atoms with Crippen molar-refractivity contribution < 1.29 is 9.18 Å². The standard InChI is InChI=1S/C15H11BrFN3O/c1-8-18-13-5-3-10(7-14(13)19-8)20-15(21)11-6-9(16)2-4-12(11)17/h2-7H,1H3,(H,18,19)(H,20,21). The van der Waals surface area contributed by atoms with Gasteiger partial charge in [-0.2, -0.15) is 0 Å². The second-order valence-electron chi connectivity index (χ2n) is 4.63. The number of imidazole rings is 1. The number of aryl methyl sites for hydroxylation is 1. The number of carbonyl (C=O) groups excluding carboxylic acids is 1. The number of nitrogens with zero attached hydrogens (tertiary/aromatic N) is 1. The number of hydrogen-bond donors (Lipinski definition) is 2. The highest BCUT2D eigenvalue weighted by Gasteiger charge is 2.13. The average molecular weight is 348 g/mol. The van der Waals surface area contributed by atoms with Crippen molar-refractivity contribution in [3.8, 4) is 0 Å². The summed E-state index contributed by atoms with van der Waals surface area (Å²) in [5.41, 5.74) is 2.21. The third kappa shape index (κ3) is 2.80.